The molecule has 0 atom stereocenters. The first-order chi connectivity index (χ1) is 9.06. The molecule has 108 valence electrons. The molecule has 1 aromatic heterocycles. The normalized spacial score (nSPS) is 12.9. The Morgan fingerprint density at radius 1 is 1.10 bits per heavy atom. The average molecular weight is 301 g/mol. The van der Waals surface area contributed by atoms with Crippen molar-refractivity contribution in [2.24, 2.45) is 0 Å². The number of rotatable bonds is 1. The summed E-state index contributed by atoms with van der Waals surface area (Å²) < 4.78 is 37.8. The van der Waals surface area contributed by atoms with Crippen molar-refractivity contribution >= 4 is 22.7 Å². The van der Waals surface area contributed by atoms with Crippen LogP contribution in [0.1, 0.15) is 26.5 Å². The van der Waals surface area contributed by atoms with Crippen molar-refractivity contribution < 1.29 is 13.2 Å². The van der Waals surface area contributed by atoms with E-state index in [4.69, 9.17) is 0 Å². The first-order valence-electron chi connectivity index (χ1n) is 5.99. The van der Waals surface area contributed by atoms with Crippen molar-refractivity contribution in [1.29, 1.82) is 0 Å². The fourth-order valence-corrected chi connectivity index (χ4v) is 2.82. The van der Waals surface area contributed by atoms with Gasteiger partial charge in [-0.15, -0.1) is 11.8 Å². The number of fused-ring (bicyclic) bond motifs is 1. The summed E-state index contributed by atoms with van der Waals surface area (Å²) in [6, 6.07) is 5.46. The summed E-state index contributed by atoms with van der Waals surface area (Å²) in [5.74, 6) is 0. The van der Waals surface area contributed by atoms with Gasteiger partial charge in [0.15, 0.2) is 5.43 Å². The molecule has 0 saturated carbocycles. The van der Waals surface area contributed by atoms with Gasteiger partial charge in [-0.25, -0.2) is 0 Å². The largest absolute Gasteiger partial charge is 0.431 e. The van der Waals surface area contributed by atoms with E-state index < -0.39 is 17.3 Å². The van der Waals surface area contributed by atoms with Crippen molar-refractivity contribution in [3.05, 3.63) is 40.2 Å². The summed E-state index contributed by atoms with van der Waals surface area (Å²) in [6.07, 6.45) is -4.55. The minimum Gasteiger partial charge on any atom is -0.351 e. The van der Waals surface area contributed by atoms with E-state index in [2.05, 4.69) is 4.98 Å². The lowest BCUT2D eigenvalue weighted by Crippen LogP contribution is -2.14. The standard InChI is InChI=1S/C14H14F3NOS/c1-13(2,3)20-8-4-5-10-9(6-8)11(19)7-12(18-10)14(15,16)17/h4-7H,1-3H3,(H,18,19). The quantitative estimate of drug-likeness (QED) is 0.790. The van der Waals surface area contributed by atoms with Crippen LogP contribution >= 0.6 is 11.8 Å². The van der Waals surface area contributed by atoms with E-state index in [0.29, 0.717) is 6.07 Å². The highest BCUT2D eigenvalue weighted by Crippen LogP contribution is 2.33. The molecule has 1 heterocycles. The first-order valence-corrected chi connectivity index (χ1v) is 6.81. The molecule has 0 bridgehead atoms. The molecule has 0 unspecified atom stereocenters. The molecule has 0 aliphatic carbocycles. The predicted octanol–water partition coefficient (Wildman–Crippen LogP) is 4.44. The molecule has 6 heteroatoms. The van der Waals surface area contributed by atoms with E-state index in [-0.39, 0.29) is 15.6 Å². The maximum absolute atomic E-state index is 12.6. The second-order valence-corrected chi connectivity index (χ2v) is 7.37. The number of H-pyrrole nitrogens is 1. The number of hydrogen-bond acceptors (Lipinski definition) is 2. The van der Waals surface area contributed by atoms with Gasteiger partial charge in [-0.3, -0.25) is 4.79 Å². The van der Waals surface area contributed by atoms with E-state index in [1.807, 2.05) is 20.8 Å². The Kier molecular flexibility index (Phi) is 3.62. The average Bonchev–Trinajstić information content (AvgIpc) is 2.26. The maximum Gasteiger partial charge on any atom is 0.431 e. The Morgan fingerprint density at radius 2 is 1.75 bits per heavy atom. The number of nitrogens with one attached hydrogen (secondary N) is 1. The van der Waals surface area contributed by atoms with Gasteiger partial charge in [0.05, 0.1) is 0 Å². The van der Waals surface area contributed by atoms with Crippen LogP contribution in [0.2, 0.25) is 0 Å². The van der Waals surface area contributed by atoms with Crippen LogP contribution in [0.25, 0.3) is 10.9 Å². The van der Waals surface area contributed by atoms with E-state index in [1.165, 1.54) is 6.07 Å². The molecule has 0 fully saturated rings. The van der Waals surface area contributed by atoms with Crippen molar-refractivity contribution in [2.45, 2.75) is 36.6 Å². The Bertz CT molecular complexity index is 698. The molecule has 2 rings (SSSR count). The zero-order valence-electron chi connectivity index (χ0n) is 11.3. The maximum atomic E-state index is 12.6. The molecule has 0 spiro atoms. The highest BCUT2D eigenvalue weighted by molar-refractivity contribution is 8.00. The zero-order valence-corrected chi connectivity index (χ0v) is 12.1. The van der Waals surface area contributed by atoms with Crippen LogP contribution in [0, 0.1) is 0 Å². The van der Waals surface area contributed by atoms with Gasteiger partial charge < -0.3 is 4.98 Å². The van der Waals surface area contributed by atoms with Crippen LogP contribution in [-0.2, 0) is 6.18 Å². The van der Waals surface area contributed by atoms with Gasteiger partial charge in [0.2, 0.25) is 0 Å². The number of benzene rings is 1. The summed E-state index contributed by atoms with van der Waals surface area (Å²) in [5.41, 5.74) is -1.45. The smallest absolute Gasteiger partial charge is 0.351 e. The number of halogens is 3. The molecule has 2 aromatic rings. The second kappa shape index (κ2) is 4.84. The van der Waals surface area contributed by atoms with E-state index in [1.54, 1.807) is 23.9 Å². The summed E-state index contributed by atoms with van der Waals surface area (Å²) in [4.78, 5) is 15.0. The number of alkyl halides is 3. The second-order valence-electron chi connectivity index (χ2n) is 5.47. The molecule has 20 heavy (non-hydrogen) atoms. The van der Waals surface area contributed by atoms with Crippen LogP contribution in [0.15, 0.2) is 34.0 Å². The Morgan fingerprint density at radius 3 is 2.30 bits per heavy atom. The highest BCUT2D eigenvalue weighted by Gasteiger charge is 2.32. The first kappa shape index (κ1) is 15.0. The molecule has 0 amide bonds. The number of hydrogen-bond donors (Lipinski definition) is 1. The van der Waals surface area contributed by atoms with Gasteiger partial charge in [-0.2, -0.15) is 13.2 Å². The third-order valence-electron chi connectivity index (χ3n) is 2.53. The number of aromatic nitrogens is 1. The van der Waals surface area contributed by atoms with Crippen LogP contribution in [0.4, 0.5) is 13.2 Å². The molecule has 1 aromatic carbocycles. The number of pyridine rings is 1. The molecule has 0 aliphatic rings. The summed E-state index contributed by atoms with van der Waals surface area (Å²) >= 11 is 1.56. The monoisotopic (exact) mass is 301 g/mol. The molecule has 1 N–H and O–H groups in total. The SMILES string of the molecule is CC(C)(C)Sc1ccc2[nH]c(C(F)(F)F)cc(=O)c2c1. The van der Waals surface area contributed by atoms with Crippen LogP contribution in [0.3, 0.4) is 0 Å². The molecule has 0 aliphatic heterocycles. The summed E-state index contributed by atoms with van der Waals surface area (Å²) in [6.45, 7) is 6.08. The van der Waals surface area contributed by atoms with Gasteiger partial charge in [0.25, 0.3) is 0 Å². The fraction of sp³-hybridized carbons (Fsp3) is 0.357. The van der Waals surface area contributed by atoms with Gasteiger partial charge in [0, 0.05) is 26.6 Å². The third-order valence-corrected chi connectivity index (χ3v) is 3.63. The van der Waals surface area contributed by atoms with Crippen molar-refractivity contribution in [1.82, 2.24) is 4.98 Å². The lowest BCUT2D eigenvalue weighted by Gasteiger charge is -2.17. The van der Waals surface area contributed by atoms with Crippen LogP contribution < -0.4 is 5.43 Å². The fourth-order valence-electron chi connectivity index (χ4n) is 1.80. The lowest BCUT2D eigenvalue weighted by atomic mass is 10.2. The van der Waals surface area contributed by atoms with Crippen molar-refractivity contribution in [3.63, 3.8) is 0 Å². The molecule has 0 saturated heterocycles. The number of thioether (sulfide) groups is 1. The predicted molar refractivity (Wildman–Crippen MR) is 75.2 cm³/mol. The third kappa shape index (κ3) is 3.36. The summed E-state index contributed by atoms with van der Waals surface area (Å²) in [7, 11) is 0. The van der Waals surface area contributed by atoms with Gasteiger partial charge in [-0.05, 0) is 18.2 Å². The van der Waals surface area contributed by atoms with Crippen molar-refractivity contribution in [3.8, 4) is 0 Å². The topological polar surface area (TPSA) is 32.9 Å². The Balaban J connectivity index is 2.55. The zero-order chi connectivity index (χ0) is 15.1. The molecule has 0 radical (unpaired) electrons. The van der Waals surface area contributed by atoms with Gasteiger partial charge in [0.1, 0.15) is 5.69 Å². The van der Waals surface area contributed by atoms with Gasteiger partial charge in [-0.1, -0.05) is 20.8 Å². The van der Waals surface area contributed by atoms with E-state index >= 15 is 0 Å². The van der Waals surface area contributed by atoms with Crippen LogP contribution in [-0.4, -0.2) is 9.73 Å². The number of aromatic amines is 1. The van der Waals surface area contributed by atoms with Gasteiger partial charge >= 0.3 is 6.18 Å². The van der Waals surface area contributed by atoms with Crippen LogP contribution in [0.5, 0.6) is 0 Å². The molecular formula is C14H14F3NOS. The lowest BCUT2D eigenvalue weighted by molar-refractivity contribution is -0.141. The molecular weight excluding hydrogens is 287 g/mol. The highest BCUT2D eigenvalue weighted by atomic mass is 32.2. The van der Waals surface area contributed by atoms with E-state index in [0.717, 1.165) is 4.90 Å². The van der Waals surface area contributed by atoms with Crippen molar-refractivity contribution in [2.75, 3.05) is 0 Å². The molecule has 2 nitrogen and oxygen atoms in total. The summed E-state index contributed by atoms with van der Waals surface area (Å²) in [5, 5.41) is 0.271. The Hall–Kier alpha value is -1.43. The Labute approximate surface area is 118 Å². The minimum atomic E-state index is -4.55. The minimum absolute atomic E-state index is 0.0354. The van der Waals surface area contributed by atoms with E-state index in [9.17, 15) is 18.0 Å².